The predicted molar refractivity (Wildman–Crippen MR) is 84.1 cm³/mol. The maximum atomic E-state index is 5.47. The fourth-order valence-corrected chi connectivity index (χ4v) is 2.24. The first-order valence-electron chi connectivity index (χ1n) is 7.79. The highest BCUT2D eigenvalue weighted by atomic mass is 16.5. The van der Waals surface area contributed by atoms with E-state index in [-0.39, 0.29) is 0 Å². The van der Waals surface area contributed by atoms with Gasteiger partial charge in [0.15, 0.2) is 0 Å². The third kappa shape index (κ3) is 4.70. The smallest absolute Gasteiger partial charge is 0.323 e. The Kier molecular flexibility index (Phi) is 5.98. The van der Waals surface area contributed by atoms with Crippen molar-refractivity contribution in [3.63, 3.8) is 0 Å². The molecule has 2 rings (SSSR count). The SMILES string of the molecule is CCCNc1nc(OCC)nc(N2CCCN(C)CC2)n1. The van der Waals surface area contributed by atoms with E-state index in [0.29, 0.717) is 24.5 Å². The van der Waals surface area contributed by atoms with E-state index in [0.717, 1.165) is 45.6 Å². The van der Waals surface area contributed by atoms with Crippen molar-refractivity contribution in [1.29, 1.82) is 0 Å². The molecular formula is C14H26N6O. The Hall–Kier alpha value is -1.63. The topological polar surface area (TPSA) is 66.4 Å². The monoisotopic (exact) mass is 294 g/mol. The number of rotatable bonds is 6. The summed E-state index contributed by atoms with van der Waals surface area (Å²) in [5, 5.41) is 3.22. The molecule has 118 valence electrons. The second-order valence-corrected chi connectivity index (χ2v) is 5.25. The molecule has 2 heterocycles. The first-order chi connectivity index (χ1) is 10.2. The number of hydrogen-bond donors (Lipinski definition) is 1. The van der Waals surface area contributed by atoms with Crippen LogP contribution < -0.4 is 15.0 Å². The van der Waals surface area contributed by atoms with Crippen LogP contribution in [0.1, 0.15) is 26.7 Å². The highest BCUT2D eigenvalue weighted by Gasteiger charge is 2.17. The van der Waals surface area contributed by atoms with Crippen LogP contribution >= 0.6 is 0 Å². The summed E-state index contributed by atoms with van der Waals surface area (Å²) in [5.41, 5.74) is 0. The summed E-state index contributed by atoms with van der Waals surface area (Å²) in [5.74, 6) is 1.31. The fraction of sp³-hybridized carbons (Fsp3) is 0.786. The Morgan fingerprint density at radius 3 is 2.71 bits per heavy atom. The van der Waals surface area contributed by atoms with Crippen molar-refractivity contribution in [2.75, 3.05) is 56.6 Å². The average molecular weight is 294 g/mol. The summed E-state index contributed by atoms with van der Waals surface area (Å²) in [6.45, 7) is 9.48. The zero-order valence-electron chi connectivity index (χ0n) is 13.3. The Labute approximate surface area is 126 Å². The van der Waals surface area contributed by atoms with E-state index in [2.05, 4.69) is 44.0 Å². The molecule has 1 aromatic heterocycles. The maximum Gasteiger partial charge on any atom is 0.323 e. The quantitative estimate of drug-likeness (QED) is 0.846. The molecule has 1 saturated heterocycles. The number of anilines is 2. The van der Waals surface area contributed by atoms with E-state index in [9.17, 15) is 0 Å². The maximum absolute atomic E-state index is 5.47. The summed E-state index contributed by atoms with van der Waals surface area (Å²) in [4.78, 5) is 17.8. The molecule has 0 aliphatic carbocycles. The van der Waals surface area contributed by atoms with E-state index in [4.69, 9.17) is 4.74 Å². The van der Waals surface area contributed by atoms with Crippen molar-refractivity contribution in [2.45, 2.75) is 26.7 Å². The normalized spacial score (nSPS) is 16.6. The Bertz CT molecular complexity index is 441. The van der Waals surface area contributed by atoms with Gasteiger partial charge in [-0.15, -0.1) is 0 Å². The van der Waals surface area contributed by atoms with Crippen LogP contribution in [0.2, 0.25) is 0 Å². The van der Waals surface area contributed by atoms with Crippen LogP contribution in [-0.2, 0) is 0 Å². The van der Waals surface area contributed by atoms with Gasteiger partial charge in [0, 0.05) is 26.2 Å². The summed E-state index contributed by atoms with van der Waals surface area (Å²) in [6.07, 6.45) is 2.14. The molecular weight excluding hydrogens is 268 g/mol. The molecule has 0 radical (unpaired) electrons. The Morgan fingerprint density at radius 1 is 1.10 bits per heavy atom. The molecule has 7 nitrogen and oxygen atoms in total. The molecule has 1 fully saturated rings. The highest BCUT2D eigenvalue weighted by Crippen LogP contribution is 2.16. The van der Waals surface area contributed by atoms with Gasteiger partial charge < -0.3 is 19.9 Å². The first-order valence-corrected chi connectivity index (χ1v) is 7.79. The molecule has 1 aliphatic rings. The van der Waals surface area contributed by atoms with Gasteiger partial charge >= 0.3 is 6.01 Å². The fourth-order valence-electron chi connectivity index (χ4n) is 2.24. The zero-order chi connectivity index (χ0) is 15.1. The number of nitrogens with one attached hydrogen (secondary N) is 1. The van der Waals surface area contributed by atoms with Crippen molar-refractivity contribution in [3.8, 4) is 6.01 Å². The van der Waals surface area contributed by atoms with Crippen LogP contribution in [-0.4, -0.2) is 66.2 Å². The van der Waals surface area contributed by atoms with Crippen molar-refractivity contribution < 1.29 is 4.74 Å². The van der Waals surface area contributed by atoms with Crippen LogP contribution in [0.5, 0.6) is 6.01 Å². The van der Waals surface area contributed by atoms with Crippen molar-refractivity contribution in [3.05, 3.63) is 0 Å². The van der Waals surface area contributed by atoms with Crippen LogP contribution in [0.15, 0.2) is 0 Å². The molecule has 1 aromatic rings. The first kappa shape index (κ1) is 15.8. The van der Waals surface area contributed by atoms with Crippen LogP contribution in [0, 0.1) is 0 Å². The lowest BCUT2D eigenvalue weighted by molar-refractivity contribution is 0.312. The second-order valence-electron chi connectivity index (χ2n) is 5.25. The van der Waals surface area contributed by atoms with E-state index in [1.807, 2.05) is 6.92 Å². The number of aromatic nitrogens is 3. The zero-order valence-corrected chi connectivity index (χ0v) is 13.3. The van der Waals surface area contributed by atoms with Crippen LogP contribution in [0.3, 0.4) is 0 Å². The molecule has 0 atom stereocenters. The third-order valence-electron chi connectivity index (χ3n) is 3.41. The van der Waals surface area contributed by atoms with E-state index < -0.39 is 0 Å². The molecule has 0 aromatic carbocycles. The Balaban J connectivity index is 2.17. The van der Waals surface area contributed by atoms with Crippen LogP contribution in [0.25, 0.3) is 0 Å². The molecule has 0 unspecified atom stereocenters. The standard InChI is InChI=1S/C14H26N6O/c1-4-7-15-12-16-13(18-14(17-12)21-5-2)20-9-6-8-19(3)10-11-20/h4-11H2,1-3H3,(H,15,16,17,18). The van der Waals surface area contributed by atoms with Gasteiger partial charge in [0.2, 0.25) is 11.9 Å². The summed E-state index contributed by atoms with van der Waals surface area (Å²) >= 11 is 0. The lowest BCUT2D eigenvalue weighted by Gasteiger charge is -2.21. The summed E-state index contributed by atoms with van der Waals surface area (Å²) in [7, 11) is 2.15. The highest BCUT2D eigenvalue weighted by molar-refractivity contribution is 5.38. The van der Waals surface area contributed by atoms with Gasteiger partial charge in [-0.25, -0.2) is 0 Å². The van der Waals surface area contributed by atoms with Gasteiger partial charge in [-0.3, -0.25) is 0 Å². The van der Waals surface area contributed by atoms with Crippen LogP contribution in [0.4, 0.5) is 11.9 Å². The van der Waals surface area contributed by atoms with Crippen molar-refractivity contribution >= 4 is 11.9 Å². The lowest BCUT2D eigenvalue weighted by atomic mass is 10.4. The lowest BCUT2D eigenvalue weighted by Crippen LogP contribution is -2.30. The van der Waals surface area contributed by atoms with E-state index in [1.165, 1.54) is 0 Å². The van der Waals surface area contributed by atoms with Gasteiger partial charge in [0.1, 0.15) is 0 Å². The summed E-state index contributed by atoms with van der Waals surface area (Å²) in [6, 6.07) is 0.402. The number of likely N-dealkylation sites (N-methyl/N-ethyl adjacent to an activating group) is 1. The molecule has 0 amide bonds. The van der Waals surface area contributed by atoms with E-state index >= 15 is 0 Å². The van der Waals surface area contributed by atoms with E-state index in [1.54, 1.807) is 0 Å². The molecule has 0 saturated carbocycles. The van der Waals surface area contributed by atoms with Crippen molar-refractivity contribution in [2.24, 2.45) is 0 Å². The molecule has 21 heavy (non-hydrogen) atoms. The average Bonchev–Trinajstić information content (AvgIpc) is 2.70. The largest absolute Gasteiger partial charge is 0.464 e. The van der Waals surface area contributed by atoms with Gasteiger partial charge in [-0.05, 0) is 33.4 Å². The second kappa shape index (κ2) is 7.97. The molecule has 1 aliphatic heterocycles. The van der Waals surface area contributed by atoms with Gasteiger partial charge in [-0.1, -0.05) is 6.92 Å². The number of ether oxygens (including phenoxy) is 1. The van der Waals surface area contributed by atoms with Gasteiger partial charge in [0.05, 0.1) is 6.61 Å². The minimum atomic E-state index is 0.402. The van der Waals surface area contributed by atoms with Gasteiger partial charge in [0.25, 0.3) is 0 Å². The molecule has 1 N–H and O–H groups in total. The summed E-state index contributed by atoms with van der Waals surface area (Å²) < 4.78 is 5.47. The minimum Gasteiger partial charge on any atom is -0.464 e. The third-order valence-corrected chi connectivity index (χ3v) is 3.41. The minimum absolute atomic E-state index is 0.402. The Morgan fingerprint density at radius 2 is 1.95 bits per heavy atom. The predicted octanol–water partition coefficient (Wildman–Crippen LogP) is 1.23. The number of nitrogens with zero attached hydrogens (tertiary/aromatic N) is 5. The number of hydrogen-bond acceptors (Lipinski definition) is 7. The molecule has 0 spiro atoms. The van der Waals surface area contributed by atoms with Gasteiger partial charge in [-0.2, -0.15) is 15.0 Å². The van der Waals surface area contributed by atoms with Crippen molar-refractivity contribution in [1.82, 2.24) is 19.9 Å². The molecule has 7 heteroatoms. The molecule has 0 bridgehead atoms.